The minimum absolute atomic E-state index is 0.514. The summed E-state index contributed by atoms with van der Waals surface area (Å²) in [6, 6.07) is 5.99. The minimum Gasteiger partial charge on any atom is -0.493 e. The highest BCUT2D eigenvalue weighted by Crippen LogP contribution is 2.32. The van der Waals surface area contributed by atoms with E-state index in [9.17, 15) is 0 Å². The zero-order valence-electron chi connectivity index (χ0n) is 31.2. The van der Waals surface area contributed by atoms with Gasteiger partial charge in [0.05, 0.1) is 7.11 Å². The molecule has 3 atom stereocenters. The molecule has 5 nitrogen and oxygen atoms in total. The highest BCUT2D eigenvalue weighted by Gasteiger charge is 2.49. The van der Waals surface area contributed by atoms with Crippen molar-refractivity contribution in [3.05, 3.63) is 71.4 Å². The molecule has 0 spiro atoms. The Labute approximate surface area is 285 Å². The average molecular weight is 657 g/mol. The second-order valence-corrected chi connectivity index (χ2v) is 16.0. The number of rotatable bonds is 26. The molecule has 6 heteroatoms. The van der Waals surface area contributed by atoms with Gasteiger partial charge in [0.25, 0.3) is 0 Å². The van der Waals surface area contributed by atoms with Crippen LogP contribution in [0.1, 0.15) is 126 Å². The van der Waals surface area contributed by atoms with E-state index in [2.05, 4.69) is 87.1 Å². The van der Waals surface area contributed by atoms with Crippen LogP contribution in [0.5, 0.6) is 11.5 Å². The van der Waals surface area contributed by atoms with Crippen LogP contribution in [0.15, 0.2) is 65.8 Å². The van der Waals surface area contributed by atoms with Crippen LogP contribution in [0.25, 0.3) is 0 Å². The molecule has 0 fully saturated rings. The van der Waals surface area contributed by atoms with Crippen molar-refractivity contribution < 1.29 is 22.4 Å². The SMILES string of the molecule is C=CCc1ccc(O[Si](OCCC(C)CCC=C(C)C)(OCCC(C)CCC=C(C)C)OCCC(C)CCC=C(C)C)c(OC)c1. The molecule has 0 aliphatic heterocycles. The third-order valence-electron chi connectivity index (χ3n) is 8.15. The minimum atomic E-state index is -3.60. The fourth-order valence-corrected chi connectivity index (χ4v) is 6.96. The molecule has 0 aliphatic carbocycles. The van der Waals surface area contributed by atoms with Crippen LogP contribution < -0.4 is 9.16 Å². The van der Waals surface area contributed by atoms with Crippen LogP contribution in [0, 0.1) is 17.8 Å². The Bertz CT molecular complexity index is 980. The van der Waals surface area contributed by atoms with Gasteiger partial charge in [0, 0.05) is 19.8 Å². The first-order chi connectivity index (χ1) is 21.9. The Morgan fingerprint density at radius 2 is 1.07 bits per heavy atom. The highest BCUT2D eigenvalue weighted by molar-refractivity contribution is 6.54. The van der Waals surface area contributed by atoms with Gasteiger partial charge in [0.15, 0.2) is 11.5 Å². The normalized spacial score (nSPS) is 14.4. The monoisotopic (exact) mass is 656 g/mol. The largest absolute Gasteiger partial charge is 0.749 e. The second kappa shape index (κ2) is 24.1. The summed E-state index contributed by atoms with van der Waals surface area (Å²) in [5.74, 6) is 2.78. The smallest absolute Gasteiger partial charge is 0.493 e. The number of hydrogen-bond donors (Lipinski definition) is 0. The van der Waals surface area contributed by atoms with Gasteiger partial charge < -0.3 is 22.4 Å². The maximum atomic E-state index is 6.73. The molecule has 0 aliphatic rings. The van der Waals surface area contributed by atoms with Gasteiger partial charge in [0.1, 0.15) is 0 Å². The van der Waals surface area contributed by atoms with Crippen LogP contribution in [-0.2, 0) is 19.7 Å². The zero-order chi connectivity index (χ0) is 34.4. The lowest BCUT2D eigenvalue weighted by molar-refractivity contribution is -0.00772. The topological polar surface area (TPSA) is 46.2 Å². The van der Waals surface area contributed by atoms with Crippen molar-refractivity contribution in [1.82, 2.24) is 0 Å². The quantitative estimate of drug-likeness (QED) is 0.0733. The highest BCUT2D eigenvalue weighted by atomic mass is 28.4. The van der Waals surface area contributed by atoms with Crippen LogP contribution in [-0.4, -0.2) is 36.0 Å². The van der Waals surface area contributed by atoms with Crippen LogP contribution in [0.4, 0.5) is 0 Å². The Kier molecular flexibility index (Phi) is 21.9. The first-order valence-electron chi connectivity index (χ1n) is 17.7. The van der Waals surface area contributed by atoms with Gasteiger partial charge in [-0.05, 0) is 141 Å². The Morgan fingerprint density at radius 3 is 1.41 bits per heavy atom. The van der Waals surface area contributed by atoms with E-state index in [1.54, 1.807) is 7.11 Å². The number of hydrogen-bond acceptors (Lipinski definition) is 5. The van der Waals surface area contributed by atoms with E-state index in [-0.39, 0.29) is 0 Å². The lowest BCUT2D eigenvalue weighted by Gasteiger charge is -2.30. The first kappa shape index (κ1) is 41.9. The summed E-state index contributed by atoms with van der Waals surface area (Å²) in [6.07, 6.45) is 18.9. The predicted octanol–water partition coefficient (Wildman–Crippen LogP) is 11.6. The maximum absolute atomic E-state index is 6.73. The van der Waals surface area contributed by atoms with Crippen molar-refractivity contribution in [2.24, 2.45) is 17.8 Å². The fraction of sp³-hybridized carbons (Fsp3) is 0.650. The Hall–Kier alpha value is -2.12. The number of allylic oxidation sites excluding steroid dienone is 7. The molecule has 3 unspecified atom stereocenters. The van der Waals surface area contributed by atoms with Gasteiger partial charge >= 0.3 is 9.05 Å². The average Bonchev–Trinajstić information content (AvgIpc) is 2.97. The summed E-state index contributed by atoms with van der Waals surface area (Å²) < 4.78 is 32.5. The van der Waals surface area contributed by atoms with Gasteiger partial charge in [0.2, 0.25) is 0 Å². The number of methoxy groups -OCH3 is 1. The summed E-state index contributed by atoms with van der Waals surface area (Å²) in [7, 11) is -1.93. The molecule has 0 radical (unpaired) electrons. The van der Waals surface area contributed by atoms with E-state index < -0.39 is 9.05 Å². The van der Waals surface area contributed by atoms with Crippen molar-refractivity contribution >= 4 is 9.05 Å². The van der Waals surface area contributed by atoms with E-state index >= 15 is 0 Å². The summed E-state index contributed by atoms with van der Waals surface area (Å²) in [6.45, 7) is 25.2. The molecule has 0 bridgehead atoms. The number of benzene rings is 1. The third-order valence-corrected chi connectivity index (χ3v) is 10.3. The molecule has 0 saturated carbocycles. The Balaban J connectivity index is 3.22. The van der Waals surface area contributed by atoms with Crippen molar-refractivity contribution in [2.45, 2.75) is 127 Å². The maximum Gasteiger partial charge on any atom is 0.749 e. The van der Waals surface area contributed by atoms with Crippen LogP contribution in [0.3, 0.4) is 0 Å². The molecule has 1 aromatic rings. The molecular weight excluding hydrogens is 589 g/mol. The van der Waals surface area contributed by atoms with Gasteiger partial charge in [-0.25, -0.2) is 0 Å². The van der Waals surface area contributed by atoms with Crippen molar-refractivity contribution in [2.75, 3.05) is 26.9 Å². The molecule has 1 rings (SSSR count). The van der Waals surface area contributed by atoms with E-state index in [0.29, 0.717) is 49.1 Å². The lowest BCUT2D eigenvalue weighted by atomic mass is 10.0. The van der Waals surface area contributed by atoms with E-state index in [1.807, 2.05) is 24.3 Å². The summed E-state index contributed by atoms with van der Waals surface area (Å²) in [5, 5.41) is 0. The van der Waals surface area contributed by atoms with Gasteiger partial charge in [-0.2, -0.15) is 0 Å². The van der Waals surface area contributed by atoms with Crippen molar-refractivity contribution in [3.63, 3.8) is 0 Å². The van der Waals surface area contributed by atoms with Crippen LogP contribution in [0.2, 0.25) is 0 Å². The summed E-state index contributed by atoms with van der Waals surface area (Å²) in [5.41, 5.74) is 5.20. The third kappa shape index (κ3) is 19.5. The zero-order valence-corrected chi connectivity index (χ0v) is 32.2. The molecule has 0 amide bonds. The molecular formula is C40H68O5Si. The van der Waals surface area contributed by atoms with Crippen molar-refractivity contribution in [1.29, 1.82) is 0 Å². The number of ether oxygens (including phenoxy) is 1. The predicted molar refractivity (Wildman–Crippen MR) is 198 cm³/mol. The van der Waals surface area contributed by atoms with Gasteiger partial charge in [-0.3, -0.25) is 0 Å². The first-order valence-corrected chi connectivity index (χ1v) is 19.3. The fourth-order valence-electron chi connectivity index (χ4n) is 5.00. The summed E-state index contributed by atoms with van der Waals surface area (Å²) >= 11 is 0. The van der Waals surface area contributed by atoms with Crippen LogP contribution >= 0.6 is 0 Å². The van der Waals surface area contributed by atoms with E-state index in [0.717, 1.165) is 69.8 Å². The molecule has 0 heterocycles. The molecule has 0 aromatic heterocycles. The second-order valence-electron chi connectivity index (χ2n) is 13.9. The van der Waals surface area contributed by atoms with Crippen molar-refractivity contribution in [3.8, 4) is 11.5 Å². The van der Waals surface area contributed by atoms with E-state index in [4.69, 9.17) is 22.4 Å². The van der Waals surface area contributed by atoms with E-state index in [1.165, 1.54) is 16.7 Å². The van der Waals surface area contributed by atoms with Gasteiger partial charge in [-0.15, -0.1) is 6.58 Å². The molecule has 0 saturated heterocycles. The molecule has 46 heavy (non-hydrogen) atoms. The molecule has 1 aromatic carbocycles. The van der Waals surface area contributed by atoms with Gasteiger partial charge in [-0.1, -0.05) is 67.9 Å². The molecule has 262 valence electrons. The standard InChI is InChI=1S/C40H68O5Si/c1-12-16-38-23-24-39(40(31-38)41-11)45-46(42-28-25-35(8)20-13-17-32(2)3,43-29-26-36(9)21-14-18-33(4)5)44-30-27-37(10)22-15-19-34(6)7/h12,17-19,23-24,31,35-37H,1,13-16,20-22,25-30H2,2-11H3. The molecule has 0 N–H and O–H groups in total. The summed E-state index contributed by atoms with van der Waals surface area (Å²) in [4.78, 5) is 0. The lowest BCUT2D eigenvalue weighted by Crippen LogP contribution is -2.53. The Morgan fingerprint density at radius 1 is 0.652 bits per heavy atom.